The SMILES string of the molecule is Cc1sc2nc3c(c(N)c2c1C)C(O)CCC3. The Balaban J connectivity index is 2.40. The lowest BCUT2D eigenvalue weighted by Gasteiger charge is -2.22. The van der Waals surface area contributed by atoms with Crippen LogP contribution >= 0.6 is 11.3 Å². The van der Waals surface area contributed by atoms with Gasteiger partial charge in [-0.3, -0.25) is 0 Å². The summed E-state index contributed by atoms with van der Waals surface area (Å²) in [7, 11) is 0. The van der Waals surface area contributed by atoms with Crippen LogP contribution in [0.15, 0.2) is 0 Å². The molecule has 0 radical (unpaired) electrons. The molecule has 2 heterocycles. The van der Waals surface area contributed by atoms with Crippen LogP contribution in [0.5, 0.6) is 0 Å². The van der Waals surface area contributed by atoms with Crippen molar-refractivity contribution in [2.24, 2.45) is 0 Å². The number of aryl methyl sites for hydroxylation is 3. The number of nitrogen functional groups attached to an aromatic ring is 1. The van der Waals surface area contributed by atoms with Gasteiger partial charge in [-0.15, -0.1) is 11.3 Å². The van der Waals surface area contributed by atoms with Crippen LogP contribution in [-0.2, 0) is 6.42 Å². The number of fused-ring (bicyclic) bond motifs is 2. The lowest BCUT2D eigenvalue weighted by atomic mass is 9.91. The molecule has 1 unspecified atom stereocenters. The van der Waals surface area contributed by atoms with E-state index in [1.54, 1.807) is 11.3 Å². The highest BCUT2D eigenvalue weighted by Gasteiger charge is 2.25. The normalized spacial score (nSPS) is 19.6. The van der Waals surface area contributed by atoms with Crippen molar-refractivity contribution in [3.8, 4) is 0 Å². The maximum atomic E-state index is 10.1. The predicted octanol–water partition coefficient (Wildman–Crippen LogP) is 2.87. The van der Waals surface area contributed by atoms with E-state index in [9.17, 15) is 5.11 Å². The molecule has 0 fully saturated rings. The molecule has 0 saturated heterocycles. The molecule has 0 saturated carbocycles. The van der Waals surface area contributed by atoms with E-state index in [2.05, 4.69) is 18.8 Å². The number of aliphatic hydroxyl groups excluding tert-OH is 1. The van der Waals surface area contributed by atoms with Crippen molar-refractivity contribution in [3.05, 3.63) is 21.7 Å². The first kappa shape index (κ1) is 11.0. The lowest BCUT2D eigenvalue weighted by molar-refractivity contribution is 0.156. The number of rotatable bonds is 0. The fourth-order valence-electron chi connectivity index (χ4n) is 2.65. The van der Waals surface area contributed by atoms with E-state index in [4.69, 9.17) is 5.73 Å². The molecule has 4 heteroatoms. The Morgan fingerprint density at radius 2 is 2.18 bits per heavy atom. The van der Waals surface area contributed by atoms with Gasteiger partial charge in [0.2, 0.25) is 0 Å². The summed E-state index contributed by atoms with van der Waals surface area (Å²) in [6.45, 7) is 4.17. The number of aliphatic hydroxyl groups is 1. The lowest BCUT2D eigenvalue weighted by Crippen LogP contribution is -2.14. The number of hydrogen-bond donors (Lipinski definition) is 2. The molecule has 3 nitrogen and oxygen atoms in total. The average molecular weight is 248 g/mol. The summed E-state index contributed by atoms with van der Waals surface area (Å²) < 4.78 is 0. The Bertz CT molecular complexity index is 603. The molecule has 0 bridgehead atoms. The Morgan fingerprint density at radius 3 is 2.94 bits per heavy atom. The highest BCUT2D eigenvalue weighted by molar-refractivity contribution is 7.18. The van der Waals surface area contributed by atoms with Gasteiger partial charge >= 0.3 is 0 Å². The average Bonchev–Trinajstić information content (AvgIpc) is 2.55. The zero-order chi connectivity index (χ0) is 12.2. The molecule has 1 aliphatic carbocycles. The van der Waals surface area contributed by atoms with E-state index < -0.39 is 6.10 Å². The minimum atomic E-state index is -0.435. The summed E-state index contributed by atoms with van der Waals surface area (Å²) in [6, 6.07) is 0. The van der Waals surface area contributed by atoms with Crippen LogP contribution in [0.2, 0.25) is 0 Å². The van der Waals surface area contributed by atoms with Crippen molar-refractivity contribution >= 4 is 27.2 Å². The third kappa shape index (κ3) is 1.47. The third-order valence-corrected chi connectivity index (χ3v) is 4.80. The zero-order valence-corrected chi connectivity index (χ0v) is 10.9. The maximum absolute atomic E-state index is 10.1. The molecule has 0 aliphatic heterocycles. The van der Waals surface area contributed by atoms with Crippen LogP contribution in [-0.4, -0.2) is 10.1 Å². The van der Waals surface area contributed by atoms with Gasteiger partial charge in [0, 0.05) is 27.2 Å². The van der Waals surface area contributed by atoms with Crippen molar-refractivity contribution in [2.75, 3.05) is 5.73 Å². The number of thiophene rings is 1. The minimum absolute atomic E-state index is 0.435. The molecule has 0 aromatic carbocycles. The molecular weight excluding hydrogens is 232 g/mol. The van der Waals surface area contributed by atoms with Crippen LogP contribution in [0.25, 0.3) is 10.2 Å². The van der Waals surface area contributed by atoms with Crippen molar-refractivity contribution in [2.45, 2.75) is 39.2 Å². The van der Waals surface area contributed by atoms with Gasteiger partial charge in [0.05, 0.1) is 6.10 Å². The molecule has 1 aliphatic rings. The van der Waals surface area contributed by atoms with Gasteiger partial charge in [-0.05, 0) is 38.7 Å². The molecule has 2 aromatic rings. The largest absolute Gasteiger partial charge is 0.398 e. The minimum Gasteiger partial charge on any atom is -0.398 e. The van der Waals surface area contributed by atoms with Crippen molar-refractivity contribution in [1.82, 2.24) is 4.98 Å². The molecule has 3 rings (SSSR count). The molecule has 0 spiro atoms. The van der Waals surface area contributed by atoms with Crippen LogP contribution < -0.4 is 5.73 Å². The van der Waals surface area contributed by atoms with Crippen LogP contribution in [0.3, 0.4) is 0 Å². The first-order valence-electron chi connectivity index (χ1n) is 5.95. The Labute approximate surface area is 104 Å². The van der Waals surface area contributed by atoms with Crippen molar-refractivity contribution in [1.29, 1.82) is 0 Å². The summed E-state index contributed by atoms with van der Waals surface area (Å²) in [5.41, 5.74) is 10.1. The molecule has 0 amide bonds. The number of nitrogens with two attached hydrogens (primary N) is 1. The Kier molecular flexibility index (Phi) is 2.38. The fourth-order valence-corrected chi connectivity index (χ4v) is 3.71. The summed E-state index contributed by atoms with van der Waals surface area (Å²) in [4.78, 5) is 6.97. The van der Waals surface area contributed by atoms with Crippen LogP contribution in [0, 0.1) is 13.8 Å². The zero-order valence-electron chi connectivity index (χ0n) is 10.1. The molecule has 1 atom stereocenters. The van der Waals surface area contributed by atoms with Gasteiger partial charge in [-0.2, -0.15) is 0 Å². The Hall–Kier alpha value is -1.13. The van der Waals surface area contributed by atoms with E-state index in [1.165, 1.54) is 10.4 Å². The predicted molar refractivity (Wildman–Crippen MR) is 71.4 cm³/mol. The number of nitrogens with zero attached hydrogens (tertiary/aromatic N) is 1. The summed E-state index contributed by atoms with van der Waals surface area (Å²) >= 11 is 1.69. The van der Waals surface area contributed by atoms with E-state index in [1.807, 2.05) is 0 Å². The van der Waals surface area contributed by atoms with Gasteiger partial charge < -0.3 is 10.8 Å². The van der Waals surface area contributed by atoms with Gasteiger partial charge in [-0.1, -0.05) is 0 Å². The topological polar surface area (TPSA) is 59.1 Å². The molecule has 2 aromatic heterocycles. The van der Waals surface area contributed by atoms with E-state index in [0.29, 0.717) is 0 Å². The maximum Gasteiger partial charge on any atom is 0.126 e. The molecular formula is C13H16N2OS. The standard InChI is InChI=1S/C13H16N2OS/c1-6-7(2)17-13-10(6)12(14)11-8(15-13)4-3-5-9(11)16/h9,16H,3-5H2,1-2H3,(H2,14,15). The van der Waals surface area contributed by atoms with Crippen LogP contribution in [0.1, 0.15) is 40.6 Å². The smallest absolute Gasteiger partial charge is 0.126 e. The number of pyridine rings is 1. The van der Waals surface area contributed by atoms with E-state index in [-0.39, 0.29) is 0 Å². The van der Waals surface area contributed by atoms with Crippen molar-refractivity contribution < 1.29 is 5.11 Å². The van der Waals surface area contributed by atoms with Gasteiger partial charge in [0.1, 0.15) is 4.83 Å². The number of anilines is 1. The van der Waals surface area contributed by atoms with E-state index >= 15 is 0 Å². The second kappa shape index (κ2) is 3.68. The molecule has 3 N–H and O–H groups in total. The van der Waals surface area contributed by atoms with Crippen molar-refractivity contribution in [3.63, 3.8) is 0 Å². The monoisotopic (exact) mass is 248 g/mol. The highest BCUT2D eigenvalue weighted by Crippen LogP contribution is 2.41. The van der Waals surface area contributed by atoms with E-state index in [0.717, 1.165) is 46.4 Å². The fraction of sp³-hybridized carbons (Fsp3) is 0.462. The summed E-state index contributed by atoms with van der Waals surface area (Å²) in [5.74, 6) is 0. The molecule has 17 heavy (non-hydrogen) atoms. The molecule has 90 valence electrons. The highest BCUT2D eigenvalue weighted by atomic mass is 32.1. The Morgan fingerprint density at radius 1 is 1.41 bits per heavy atom. The first-order chi connectivity index (χ1) is 8.09. The first-order valence-corrected chi connectivity index (χ1v) is 6.77. The third-order valence-electron chi connectivity index (χ3n) is 3.70. The summed E-state index contributed by atoms with van der Waals surface area (Å²) in [6.07, 6.45) is 2.29. The second-order valence-electron chi connectivity index (χ2n) is 4.76. The second-order valence-corrected chi connectivity index (χ2v) is 5.96. The van der Waals surface area contributed by atoms with Crippen LogP contribution in [0.4, 0.5) is 5.69 Å². The van der Waals surface area contributed by atoms with Gasteiger partial charge in [0.15, 0.2) is 0 Å². The summed E-state index contributed by atoms with van der Waals surface area (Å²) in [5, 5.41) is 11.1. The quantitative estimate of drug-likeness (QED) is 0.753. The number of hydrogen-bond acceptors (Lipinski definition) is 4. The number of aromatic nitrogens is 1. The van der Waals surface area contributed by atoms with Gasteiger partial charge in [-0.25, -0.2) is 4.98 Å². The van der Waals surface area contributed by atoms with Gasteiger partial charge in [0.25, 0.3) is 0 Å².